The number of nitrogens with zero attached hydrogens (tertiary/aromatic N) is 3. The first-order chi connectivity index (χ1) is 23.5. The maximum absolute atomic E-state index is 5.67. The van der Waals surface area contributed by atoms with Gasteiger partial charge in [-0.2, -0.15) is 0 Å². The first-order valence-corrected chi connectivity index (χ1v) is 15.5. The standard InChI is InChI=1S/3C14H10NO.Ir/c3*1-10-5-4-6-11(9-10)14-15-12-7-2-3-8-13(12)16-14;/h3*2-5,7-9H,1H3;/q3*-1;+3. The molecule has 0 N–H and O–H groups in total. The molecule has 0 atom stereocenters. The average molecular weight is 817 g/mol. The molecule has 3 heterocycles. The molecular formula is C42H30IrN3O3. The number of hydrogen-bond donors (Lipinski definition) is 0. The fraction of sp³-hybridized carbons (Fsp3) is 0.0714. The van der Waals surface area contributed by atoms with Crippen molar-refractivity contribution in [2.45, 2.75) is 20.8 Å². The fourth-order valence-corrected chi connectivity index (χ4v) is 5.07. The van der Waals surface area contributed by atoms with E-state index < -0.39 is 0 Å². The summed E-state index contributed by atoms with van der Waals surface area (Å²) in [5.41, 5.74) is 11.3. The number of aryl methyl sites for hydroxylation is 3. The molecule has 0 amide bonds. The van der Waals surface area contributed by atoms with Crippen LogP contribution in [0.1, 0.15) is 16.7 Å². The topological polar surface area (TPSA) is 78.1 Å². The molecule has 9 aromatic rings. The van der Waals surface area contributed by atoms with E-state index in [1.807, 2.05) is 148 Å². The molecule has 0 saturated carbocycles. The molecule has 0 aliphatic rings. The third-order valence-corrected chi connectivity index (χ3v) is 7.44. The third-order valence-electron chi connectivity index (χ3n) is 7.44. The second kappa shape index (κ2) is 15.1. The minimum absolute atomic E-state index is 0. The monoisotopic (exact) mass is 817 g/mol. The van der Waals surface area contributed by atoms with Gasteiger partial charge in [0.05, 0.1) is 16.6 Å². The minimum Gasteiger partial charge on any atom is -0.481 e. The Balaban J connectivity index is 0.000000126. The van der Waals surface area contributed by atoms with Crippen LogP contribution in [0.4, 0.5) is 0 Å². The summed E-state index contributed by atoms with van der Waals surface area (Å²) < 4.78 is 17.0. The number of oxazole rings is 3. The van der Waals surface area contributed by atoms with Crippen LogP contribution in [0.2, 0.25) is 0 Å². The molecule has 0 aliphatic heterocycles. The summed E-state index contributed by atoms with van der Waals surface area (Å²) >= 11 is 0. The van der Waals surface area contributed by atoms with Gasteiger partial charge in [0.2, 0.25) is 0 Å². The number of fused-ring (bicyclic) bond motifs is 3. The van der Waals surface area contributed by atoms with Gasteiger partial charge in [0.25, 0.3) is 0 Å². The molecule has 0 saturated heterocycles. The molecular weight excluding hydrogens is 787 g/mol. The van der Waals surface area contributed by atoms with Crippen molar-refractivity contribution in [1.29, 1.82) is 0 Å². The van der Waals surface area contributed by atoms with E-state index in [4.69, 9.17) is 13.3 Å². The van der Waals surface area contributed by atoms with Gasteiger partial charge in [0.1, 0.15) is 34.4 Å². The number of hydrogen-bond acceptors (Lipinski definition) is 6. The summed E-state index contributed by atoms with van der Waals surface area (Å²) in [6.45, 7) is 6.12. The van der Waals surface area contributed by atoms with Gasteiger partial charge in [-0.15, -0.1) is 89.5 Å². The van der Waals surface area contributed by atoms with Crippen LogP contribution in [0.25, 0.3) is 67.7 Å². The number of aromatic nitrogens is 3. The van der Waals surface area contributed by atoms with E-state index in [0.29, 0.717) is 17.7 Å². The minimum atomic E-state index is 0. The first-order valence-electron chi connectivity index (χ1n) is 15.5. The van der Waals surface area contributed by atoms with E-state index in [2.05, 4.69) is 33.2 Å². The van der Waals surface area contributed by atoms with Crippen LogP contribution < -0.4 is 0 Å². The Morgan fingerprint density at radius 2 is 0.694 bits per heavy atom. The van der Waals surface area contributed by atoms with Crippen molar-refractivity contribution in [3.63, 3.8) is 0 Å². The molecule has 0 spiro atoms. The normalized spacial score (nSPS) is 10.6. The molecule has 0 fully saturated rings. The van der Waals surface area contributed by atoms with Crippen LogP contribution in [0.5, 0.6) is 0 Å². The largest absolute Gasteiger partial charge is 3.00 e. The van der Waals surface area contributed by atoms with Crippen molar-refractivity contribution in [3.8, 4) is 34.4 Å². The van der Waals surface area contributed by atoms with Crippen LogP contribution in [-0.4, -0.2) is 15.0 Å². The first kappa shape index (κ1) is 33.3. The fourth-order valence-electron chi connectivity index (χ4n) is 5.07. The number of benzene rings is 6. The average Bonchev–Trinajstić information content (AvgIpc) is 3.86. The molecule has 6 aromatic carbocycles. The quantitative estimate of drug-likeness (QED) is 0.165. The van der Waals surface area contributed by atoms with E-state index in [-0.39, 0.29) is 20.1 Å². The summed E-state index contributed by atoms with van der Waals surface area (Å²) in [6.07, 6.45) is 0. The molecule has 6 nitrogen and oxygen atoms in total. The van der Waals surface area contributed by atoms with Gasteiger partial charge in [0.15, 0.2) is 0 Å². The third kappa shape index (κ3) is 7.92. The van der Waals surface area contributed by atoms with E-state index >= 15 is 0 Å². The van der Waals surface area contributed by atoms with Gasteiger partial charge >= 0.3 is 20.1 Å². The van der Waals surface area contributed by atoms with Crippen LogP contribution in [0.15, 0.2) is 141 Å². The summed E-state index contributed by atoms with van der Waals surface area (Å²) in [4.78, 5) is 13.3. The van der Waals surface area contributed by atoms with Gasteiger partial charge in [0, 0.05) is 0 Å². The molecule has 0 radical (unpaired) electrons. The van der Waals surface area contributed by atoms with Gasteiger partial charge in [-0.25, -0.2) is 0 Å². The van der Waals surface area contributed by atoms with Crippen molar-refractivity contribution in [3.05, 3.63) is 162 Å². The van der Waals surface area contributed by atoms with Gasteiger partial charge in [-0.1, -0.05) is 73.9 Å². The van der Waals surface area contributed by atoms with Gasteiger partial charge < -0.3 is 13.3 Å². The van der Waals surface area contributed by atoms with Crippen molar-refractivity contribution < 1.29 is 33.4 Å². The predicted molar refractivity (Wildman–Crippen MR) is 189 cm³/mol. The van der Waals surface area contributed by atoms with Crippen LogP contribution in [-0.2, 0) is 20.1 Å². The van der Waals surface area contributed by atoms with Crippen LogP contribution >= 0.6 is 0 Å². The van der Waals surface area contributed by atoms with E-state index in [9.17, 15) is 0 Å². The molecule has 240 valence electrons. The Morgan fingerprint density at radius 3 is 0.959 bits per heavy atom. The van der Waals surface area contributed by atoms with Crippen molar-refractivity contribution in [2.75, 3.05) is 0 Å². The summed E-state index contributed by atoms with van der Waals surface area (Å²) in [5, 5.41) is 0. The van der Waals surface area contributed by atoms with E-state index in [1.54, 1.807) is 0 Å². The summed E-state index contributed by atoms with van der Waals surface area (Å²) in [6, 6.07) is 50.4. The Kier molecular flexibility index (Phi) is 10.2. The molecule has 7 heteroatoms. The van der Waals surface area contributed by atoms with Crippen molar-refractivity contribution in [1.82, 2.24) is 15.0 Å². The Labute approximate surface area is 297 Å². The molecule has 9 rings (SSSR count). The van der Waals surface area contributed by atoms with E-state index in [0.717, 1.165) is 50.0 Å². The molecule has 0 bridgehead atoms. The maximum Gasteiger partial charge on any atom is 3.00 e. The molecule has 0 aliphatic carbocycles. The van der Waals surface area contributed by atoms with Crippen molar-refractivity contribution in [2.24, 2.45) is 0 Å². The second-order valence-corrected chi connectivity index (χ2v) is 11.3. The molecule has 49 heavy (non-hydrogen) atoms. The molecule has 3 aromatic heterocycles. The van der Waals surface area contributed by atoms with Crippen LogP contribution in [0, 0.1) is 39.0 Å². The van der Waals surface area contributed by atoms with Crippen molar-refractivity contribution >= 4 is 33.3 Å². The predicted octanol–water partition coefficient (Wildman–Crippen LogP) is 10.8. The Hall–Kier alpha value is -5.62. The zero-order chi connectivity index (χ0) is 32.9. The Bertz CT molecular complexity index is 2100. The summed E-state index contributed by atoms with van der Waals surface area (Å²) in [7, 11) is 0. The number of rotatable bonds is 3. The SMILES string of the molecule is Cc1cc[c-]c(-c2nc3ccccc3o2)c1.Cc1cc[c-]c(-c2nc3ccccc3o2)c1.Cc1cc[c-]c(-c2nc3ccccc3o2)c1.[Ir+3]. The smallest absolute Gasteiger partial charge is 0.481 e. The number of para-hydroxylation sites is 6. The second-order valence-electron chi connectivity index (χ2n) is 11.3. The van der Waals surface area contributed by atoms with E-state index in [1.165, 1.54) is 16.7 Å². The van der Waals surface area contributed by atoms with Gasteiger partial charge in [-0.3, -0.25) is 15.0 Å². The van der Waals surface area contributed by atoms with Gasteiger partial charge in [-0.05, 0) is 36.4 Å². The Morgan fingerprint density at radius 1 is 0.408 bits per heavy atom. The zero-order valence-electron chi connectivity index (χ0n) is 27.0. The zero-order valence-corrected chi connectivity index (χ0v) is 29.4. The maximum atomic E-state index is 5.67. The summed E-state index contributed by atoms with van der Waals surface area (Å²) in [5.74, 6) is 1.89. The molecule has 0 unspecified atom stereocenters. The van der Waals surface area contributed by atoms with Crippen LogP contribution in [0.3, 0.4) is 0 Å².